The van der Waals surface area contributed by atoms with Crippen molar-refractivity contribution >= 4 is 17.7 Å². The highest BCUT2D eigenvalue weighted by Gasteiger charge is 2.26. The van der Waals surface area contributed by atoms with E-state index < -0.39 is 18.1 Å². The summed E-state index contributed by atoms with van der Waals surface area (Å²) >= 11 is 0. The molecule has 4 rings (SSSR count). The number of nitrogens with one attached hydrogen (secondary N) is 3. The van der Waals surface area contributed by atoms with Gasteiger partial charge in [-0.25, -0.2) is 0 Å². The Balaban J connectivity index is 1.55. The molecule has 0 aromatic carbocycles. The summed E-state index contributed by atoms with van der Waals surface area (Å²) in [7, 11) is 0. The number of rotatable bonds is 6. The van der Waals surface area contributed by atoms with Crippen LogP contribution in [0.5, 0.6) is 0 Å². The van der Waals surface area contributed by atoms with Crippen LogP contribution in [0.1, 0.15) is 36.0 Å². The Kier molecular flexibility index (Phi) is 8.69. The zero-order valence-corrected chi connectivity index (χ0v) is 20.0. The number of nitrogens with zero attached hydrogens (tertiary/aromatic N) is 3. The van der Waals surface area contributed by atoms with E-state index in [0.717, 1.165) is 16.7 Å². The van der Waals surface area contributed by atoms with Gasteiger partial charge >= 0.3 is 0 Å². The molecule has 3 aromatic heterocycles. The normalized spacial score (nSPS) is 21.3. The van der Waals surface area contributed by atoms with Gasteiger partial charge in [-0.2, -0.15) is 0 Å². The fourth-order valence-corrected chi connectivity index (χ4v) is 4.46. The van der Waals surface area contributed by atoms with Crippen molar-refractivity contribution in [1.82, 2.24) is 30.9 Å². The van der Waals surface area contributed by atoms with Crippen molar-refractivity contribution < 1.29 is 14.4 Å². The third kappa shape index (κ3) is 7.97. The molecule has 9 nitrogen and oxygen atoms in total. The van der Waals surface area contributed by atoms with Gasteiger partial charge in [-0.15, -0.1) is 0 Å². The molecule has 3 amide bonds. The van der Waals surface area contributed by atoms with E-state index >= 15 is 0 Å². The SMILES string of the molecule is O=C1C[C@@H](Cc2ccncc2)NC(=O)C[C@@H](Cc2ccncc2)NC(=O)C[C@@H](Cc2ccncc2)N1. The van der Waals surface area contributed by atoms with E-state index in [1.165, 1.54) is 0 Å². The maximum absolute atomic E-state index is 13.0. The van der Waals surface area contributed by atoms with Crippen LogP contribution in [0.2, 0.25) is 0 Å². The van der Waals surface area contributed by atoms with Gasteiger partial charge in [0.15, 0.2) is 0 Å². The van der Waals surface area contributed by atoms with E-state index in [1.807, 2.05) is 36.4 Å². The van der Waals surface area contributed by atoms with Gasteiger partial charge < -0.3 is 16.0 Å². The van der Waals surface area contributed by atoms with Gasteiger partial charge in [-0.05, 0) is 72.4 Å². The van der Waals surface area contributed by atoms with E-state index in [9.17, 15) is 14.4 Å². The quantitative estimate of drug-likeness (QED) is 0.485. The Morgan fingerprint density at radius 3 is 1.00 bits per heavy atom. The van der Waals surface area contributed by atoms with Gasteiger partial charge in [0.2, 0.25) is 17.7 Å². The summed E-state index contributed by atoms with van der Waals surface area (Å²) in [6.07, 6.45) is 12.0. The van der Waals surface area contributed by atoms with E-state index in [2.05, 4.69) is 30.9 Å². The second-order valence-corrected chi connectivity index (χ2v) is 9.08. The molecule has 3 aromatic rings. The van der Waals surface area contributed by atoms with Crippen LogP contribution in [0.3, 0.4) is 0 Å². The smallest absolute Gasteiger partial charge is 0.222 e. The van der Waals surface area contributed by atoms with Crippen molar-refractivity contribution in [3.63, 3.8) is 0 Å². The molecule has 1 aliphatic rings. The number of carbonyl (C=O) groups is 3. The maximum Gasteiger partial charge on any atom is 0.222 e. The van der Waals surface area contributed by atoms with Gasteiger partial charge in [-0.1, -0.05) is 0 Å². The summed E-state index contributed by atoms with van der Waals surface area (Å²) in [4.78, 5) is 51.1. The molecule has 0 aliphatic carbocycles. The monoisotopic (exact) mass is 486 g/mol. The Bertz CT molecular complexity index is 974. The predicted molar refractivity (Wildman–Crippen MR) is 133 cm³/mol. The Morgan fingerprint density at radius 2 is 0.750 bits per heavy atom. The van der Waals surface area contributed by atoms with Gasteiger partial charge in [0.05, 0.1) is 0 Å². The summed E-state index contributed by atoms with van der Waals surface area (Å²) in [5.41, 5.74) is 2.93. The zero-order chi connectivity index (χ0) is 25.2. The van der Waals surface area contributed by atoms with Gasteiger partial charge in [0, 0.05) is 74.6 Å². The Hall–Kier alpha value is -4.14. The number of carbonyl (C=O) groups excluding carboxylic acids is 3. The summed E-state index contributed by atoms with van der Waals surface area (Å²) in [5, 5.41) is 9.05. The summed E-state index contributed by atoms with van der Waals surface area (Å²) in [6.45, 7) is 0. The predicted octanol–water partition coefficient (Wildman–Crippen LogP) is 1.54. The lowest BCUT2D eigenvalue weighted by Gasteiger charge is -2.26. The maximum atomic E-state index is 13.0. The molecule has 9 heteroatoms. The van der Waals surface area contributed by atoms with Crippen LogP contribution in [0.4, 0.5) is 0 Å². The van der Waals surface area contributed by atoms with Crippen LogP contribution >= 0.6 is 0 Å². The van der Waals surface area contributed by atoms with Crippen LogP contribution < -0.4 is 16.0 Å². The van der Waals surface area contributed by atoms with Crippen molar-refractivity contribution in [3.8, 4) is 0 Å². The van der Waals surface area contributed by atoms with Crippen LogP contribution in [-0.2, 0) is 33.6 Å². The topological polar surface area (TPSA) is 126 Å². The molecule has 1 fully saturated rings. The number of hydrogen-bond donors (Lipinski definition) is 3. The number of hydrogen-bond acceptors (Lipinski definition) is 6. The van der Waals surface area contributed by atoms with Crippen LogP contribution in [0, 0.1) is 0 Å². The molecule has 3 atom stereocenters. The fourth-order valence-electron chi connectivity index (χ4n) is 4.46. The summed E-state index contributed by atoms with van der Waals surface area (Å²) in [5.74, 6) is -0.639. The molecule has 1 saturated heterocycles. The van der Waals surface area contributed by atoms with E-state index in [4.69, 9.17) is 0 Å². The molecular formula is C27H30N6O3. The lowest BCUT2D eigenvalue weighted by molar-refractivity contribution is -0.126. The number of aromatic nitrogens is 3. The number of pyridine rings is 3. The molecule has 0 bridgehead atoms. The first-order valence-electron chi connectivity index (χ1n) is 12.1. The van der Waals surface area contributed by atoms with Crippen molar-refractivity contribution in [2.75, 3.05) is 0 Å². The van der Waals surface area contributed by atoms with E-state index in [0.29, 0.717) is 19.3 Å². The first kappa shape index (κ1) is 25.0. The average molecular weight is 487 g/mol. The largest absolute Gasteiger partial charge is 0.352 e. The Morgan fingerprint density at radius 1 is 0.500 bits per heavy atom. The molecule has 3 N–H and O–H groups in total. The average Bonchev–Trinajstić information content (AvgIpc) is 2.85. The molecule has 0 radical (unpaired) electrons. The molecular weight excluding hydrogens is 456 g/mol. The minimum absolute atomic E-state index is 0.109. The Labute approximate surface area is 210 Å². The minimum Gasteiger partial charge on any atom is -0.352 e. The fraction of sp³-hybridized carbons (Fsp3) is 0.333. The third-order valence-electron chi connectivity index (χ3n) is 6.09. The van der Waals surface area contributed by atoms with Crippen LogP contribution in [0.15, 0.2) is 73.6 Å². The van der Waals surface area contributed by atoms with Crippen molar-refractivity contribution in [2.45, 2.75) is 56.7 Å². The van der Waals surface area contributed by atoms with Crippen molar-refractivity contribution in [2.24, 2.45) is 0 Å². The molecule has 36 heavy (non-hydrogen) atoms. The van der Waals surface area contributed by atoms with E-state index in [1.54, 1.807) is 37.2 Å². The van der Waals surface area contributed by atoms with Crippen LogP contribution in [0.25, 0.3) is 0 Å². The minimum atomic E-state index is -0.391. The van der Waals surface area contributed by atoms with Gasteiger partial charge in [0.1, 0.15) is 0 Å². The van der Waals surface area contributed by atoms with Gasteiger partial charge in [0.25, 0.3) is 0 Å². The second-order valence-electron chi connectivity index (χ2n) is 9.08. The van der Waals surface area contributed by atoms with Crippen molar-refractivity contribution in [1.29, 1.82) is 0 Å². The number of amides is 3. The van der Waals surface area contributed by atoms with Crippen LogP contribution in [-0.4, -0.2) is 50.8 Å². The first-order valence-corrected chi connectivity index (χ1v) is 12.1. The molecule has 0 spiro atoms. The first-order chi connectivity index (χ1) is 17.5. The molecule has 1 aliphatic heterocycles. The summed E-state index contributed by atoms with van der Waals surface area (Å²) < 4.78 is 0. The van der Waals surface area contributed by atoms with E-state index in [-0.39, 0.29) is 37.0 Å². The lowest BCUT2D eigenvalue weighted by atomic mass is 9.98. The lowest BCUT2D eigenvalue weighted by Crippen LogP contribution is -2.49. The molecule has 186 valence electrons. The van der Waals surface area contributed by atoms with Gasteiger partial charge in [-0.3, -0.25) is 29.3 Å². The molecule has 0 unspecified atom stereocenters. The highest BCUT2D eigenvalue weighted by molar-refractivity contribution is 5.83. The standard InChI is InChI=1S/C27H30N6O3/c34-25-16-22(13-19-1-7-28-8-2-19)31-26(35)17-23(14-20-3-9-29-10-4-20)33-27(36)18-24(32-25)15-21-5-11-30-12-6-21/h1-12,22-24H,13-18H2,(H,31,35)(H,32,34)(H,33,36)/t22-,23-,24-/m1/s1. The summed E-state index contributed by atoms with van der Waals surface area (Å²) in [6, 6.07) is 10.1. The third-order valence-corrected chi connectivity index (χ3v) is 6.09. The highest BCUT2D eigenvalue weighted by Crippen LogP contribution is 2.12. The zero-order valence-electron chi connectivity index (χ0n) is 20.0. The second kappa shape index (κ2) is 12.5. The highest BCUT2D eigenvalue weighted by atomic mass is 16.2. The molecule has 0 saturated carbocycles. The van der Waals surface area contributed by atoms with Crippen molar-refractivity contribution in [3.05, 3.63) is 90.3 Å². The molecule has 4 heterocycles.